The quantitative estimate of drug-likeness (QED) is 0.673. The lowest BCUT2D eigenvalue weighted by Crippen LogP contribution is -2.28. The Morgan fingerprint density at radius 1 is 1.19 bits per heavy atom. The van der Waals surface area contributed by atoms with Crippen LogP contribution >= 0.6 is 0 Å². The first-order valence-corrected chi connectivity index (χ1v) is 9.56. The van der Waals surface area contributed by atoms with E-state index < -0.39 is 0 Å². The first-order chi connectivity index (χ1) is 13.1. The van der Waals surface area contributed by atoms with E-state index in [1.807, 2.05) is 17.8 Å². The van der Waals surface area contributed by atoms with Crippen LogP contribution in [0.4, 0.5) is 4.39 Å². The van der Waals surface area contributed by atoms with E-state index in [0.29, 0.717) is 5.76 Å². The Morgan fingerprint density at radius 3 is 2.74 bits per heavy atom. The summed E-state index contributed by atoms with van der Waals surface area (Å²) < 4.78 is 20.6. The number of nitrogens with zero attached hydrogens (tertiary/aromatic N) is 4. The van der Waals surface area contributed by atoms with Gasteiger partial charge in [0.15, 0.2) is 5.76 Å². The summed E-state index contributed by atoms with van der Waals surface area (Å²) in [6.07, 6.45) is 6.78. The van der Waals surface area contributed by atoms with Crippen molar-refractivity contribution in [1.82, 2.24) is 19.8 Å². The molecule has 0 radical (unpaired) electrons. The lowest BCUT2D eigenvalue weighted by Gasteiger charge is -2.28. The first kappa shape index (κ1) is 17.9. The average molecular weight is 368 g/mol. The van der Waals surface area contributed by atoms with Gasteiger partial charge in [0.05, 0.1) is 11.7 Å². The number of hydrogen-bond acceptors (Lipinski definition) is 4. The standard InChI is InChI=1S/C21H25FN4O/c1-15-17(13-25(2)23-15)14-26-11-5-3-4-6-20(26)19-12-21(27-24-19)16-7-9-18(22)10-8-16/h7-10,12-13,20H,3-6,11,14H2,1-2H3. The second-order valence-electron chi connectivity index (χ2n) is 7.37. The molecule has 27 heavy (non-hydrogen) atoms. The Morgan fingerprint density at radius 2 is 2.00 bits per heavy atom. The fourth-order valence-electron chi connectivity index (χ4n) is 3.91. The molecule has 1 atom stereocenters. The molecule has 6 heteroatoms. The van der Waals surface area contributed by atoms with Gasteiger partial charge in [-0.25, -0.2) is 4.39 Å². The normalized spacial score (nSPS) is 18.6. The summed E-state index contributed by atoms with van der Waals surface area (Å²) in [7, 11) is 1.96. The molecule has 0 spiro atoms. The van der Waals surface area contributed by atoms with Crippen LogP contribution in [-0.4, -0.2) is 26.4 Å². The van der Waals surface area contributed by atoms with Crippen molar-refractivity contribution in [3.8, 4) is 11.3 Å². The summed E-state index contributed by atoms with van der Waals surface area (Å²) in [6.45, 7) is 3.96. The van der Waals surface area contributed by atoms with Crippen molar-refractivity contribution in [2.45, 2.75) is 45.2 Å². The zero-order valence-corrected chi connectivity index (χ0v) is 15.9. The average Bonchev–Trinajstić information content (AvgIpc) is 3.17. The van der Waals surface area contributed by atoms with Gasteiger partial charge in [0.2, 0.25) is 0 Å². The summed E-state index contributed by atoms with van der Waals surface area (Å²) in [5, 5.41) is 8.84. The van der Waals surface area contributed by atoms with Gasteiger partial charge in [-0.3, -0.25) is 9.58 Å². The second-order valence-corrected chi connectivity index (χ2v) is 7.37. The Kier molecular flexibility index (Phi) is 5.07. The summed E-state index contributed by atoms with van der Waals surface area (Å²) in [6, 6.07) is 8.57. The molecule has 0 N–H and O–H groups in total. The molecule has 1 saturated heterocycles. The smallest absolute Gasteiger partial charge is 0.167 e. The van der Waals surface area contributed by atoms with Gasteiger partial charge in [0.1, 0.15) is 11.5 Å². The molecule has 0 bridgehead atoms. The molecule has 0 amide bonds. The molecule has 3 aromatic rings. The molecule has 0 aliphatic carbocycles. The maximum absolute atomic E-state index is 13.2. The van der Waals surface area contributed by atoms with Crippen LogP contribution in [0.15, 0.2) is 41.1 Å². The van der Waals surface area contributed by atoms with E-state index in [4.69, 9.17) is 4.52 Å². The third-order valence-corrected chi connectivity index (χ3v) is 5.35. The molecule has 1 aromatic carbocycles. The lowest BCUT2D eigenvalue weighted by molar-refractivity contribution is 0.183. The van der Waals surface area contributed by atoms with E-state index in [0.717, 1.165) is 36.5 Å². The van der Waals surface area contributed by atoms with Gasteiger partial charge in [-0.2, -0.15) is 5.10 Å². The Bertz CT molecular complexity index is 899. The molecule has 3 heterocycles. The minimum Gasteiger partial charge on any atom is -0.356 e. The predicted molar refractivity (Wildman–Crippen MR) is 101 cm³/mol. The fraction of sp³-hybridized carbons (Fsp3) is 0.429. The molecule has 1 fully saturated rings. The molecule has 1 aliphatic rings. The van der Waals surface area contributed by atoms with Gasteiger partial charge in [0, 0.05) is 37.0 Å². The lowest BCUT2D eigenvalue weighted by atomic mass is 10.0. The van der Waals surface area contributed by atoms with Crippen molar-refractivity contribution in [3.63, 3.8) is 0 Å². The molecule has 1 aliphatic heterocycles. The third-order valence-electron chi connectivity index (χ3n) is 5.35. The molecule has 0 saturated carbocycles. The van der Waals surface area contributed by atoms with Crippen LogP contribution in [-0.2, 0) is 13.6 Å². The maximum atomic E-state index is 13.2. The Hall–Kier alpha value is -2.47. The number of hydrogen-bond donors (Lipinski definition) is 0. The van der Waals surface area contributed by atoms with E-state index in [9.17, 15) is 4.39 Å². The molecular formula is C21H25FN4O. The number of rotatable bonds is 4. The largest absolute Gasteiger partial charge is 0.356 e. The number of aromatic nitrogens is 3. The zero-order chi connectivity index (χ0) is 18.8. The number of benzene rings is 1. The van der Waals surface area contributed by atoms with Crippen LogP contribution in [0.1, 0.15) is 48.7 Å². The minimum absolute atomic E-state index is 0.227. The number of aryl methyl sites for hydroxylation is 2. The van der Waals surface area contributed by atoms with Gasteiger partial charge in [0.25, 0.3) is 0 Å². The van der Waals surface area contributed by atoms with Crippen LogP contribution in [0.3, 0.4) is 0 Å². The van der Waals surface area contributed by atoms with E-state index in [1.165, 1.54) is 37.0 Å². The number of likely N-dealkylation sites (tertiary alicyclic amines) is 1. The highest BCUT2D eigenvalue weighted by molar-refractivity contribution is 5.57. The van der Waals surface area contributed by atoms with Crippen molar-refractivity contribution in [3.05, 3.63) is 59.3 Å². The molecule has 2 aromatic heterocycles. The van der Waals surface area contributed by atoms with Gasteiger partial charge < -0.3 is 4.52 Å². The number of halogens is 1. The molecule has 142 valence electrons. The maximum Gasteiger partial charge on any atom is 0.167 e. The van der Waals surface area contributed by atoms with Crippen LogP contribution in [0.25, 0.3) is 11.3 Å². The SMILES string of the molecule is Cc1nn(C)cc1CN1CCCCCC1c1cc(-c2ccc(F)cc2)on1. The van der Waals surface area contributed by atoms with E-state index in [1.54, 1.807) is 12.1 Å². The fourth-order valence-corrected chi connectivity index (χ4v) is 3.91. The third kappa shape index (κ3) is 3.95. The summed E-state index contributed by atoms with van der Waals surface area (Å²) in [5.41, 5.74) is 4.13. The van der Waals surface area contributed by atoms with Crippen LogP contribution in [0.5, 0.6) is 0 Å². The Labute approximate surface area is 158 Å². The minimum atomic E-state index is -0.250. The van der Waals surface area contributed by atoms with E-state index in [-0.39, 0.29) is 11.9 Å². The Balaban J connectivity index is 1.59. The van der Waals surface area contributed by atoms with Gasteiger partial charge in [-0.15, -0.1) is 0 Å². The molecular weight excluding hydrogens is 343 g/mol. The second kappa shape index (κ2) is 7.64. The summed E-state index contributed by atoms with van der Waals surface area (Å²) in [4.78, 5) is 2.49. The van der Waals surface area contributed by atoms with E-state index in [2.05, 4.69) is 28.3 Å². The summed E-state index contributed by atoms with van der Waals surface area (Å²) in [5.74, 6) is 0.437. The monoisotopic (exact) mass is 368 g/mol. The highest BCUT2D eigenvalue weighted by Crippen LogP contribution is 2.33. The highest BCUT2D eigenvalue weighted by Gasteiger charge is 2.26. The van der Waals surface area contributed by atoms with Gasteiger partial charge >= 0.3 is 0 Å². The molecule has 5 nitrogen and oxygen atoms in total. The van der Waals surface area contributed by atoms with Crippen molar-refractivity contribution in [2.75, 3.05) is 6.54 Å². The summed E-state index contributed by atoms with van der Waals surface area (Å²) >= 11 is 0. The van der Waals surface area contributed by atoms with Crippen LogP contribution in [0.2, 0.25) is 0 Å². The van der Waals surface area contributed by atoms with E-state index >= 15 is 0 Å². The zero-order valence-electron chi connectivity index (χ0n) is 15.9. The topological polar surface area (TPSA) is 47.1 Å². The molecule has 4 rings (SSSR count). The van der Waals surface area contributed by atoms with Crippen molar-refractivity contribution < 1.29 is 8.91 Å². The van der Waals surface area contributed by atoms with Crippen molar-refractivity contribution in [1.29, 1.82) is 0 Å². The predicted octanol–water partition coefficient (Wildman–Crippen LogP) is 4.64. The highest BCUT2D eigenvalue weighted by atomic mass is 19.1. The molecule has 1 unspecified atom stereocenters. The van der Waals surface area contributed by atoms with Crippen molar-refractivity contribution >= 4 is 0 Å². The van der Waals surface area contributed by atoms with Crippen LogP contribution in [0, 0.1) is 12.7 Å². The van der Waals surface area contributed by atoms with Gasteiger partial charge in [-0.05, 0) is 50.6 Å². The first-order valence-electron chi connectivity index (χ1n) is 9.56. The van der Waals surface area contributed by atoms with Gasteiger partial charge in [-0.1, -0.05) is 18.0 Å². The van der Waals surface area contributed by atoms with Crippen molar-refractivity contribution in [2.24, 2.45) is 7.05 Å². The van der Waals surface area contributed by atoms with Crippen LogP contribution < -0.4 is 0 Å².